The molecular weight excluding hydrogens is 181 g/mol. The number of phenolic OH excluding ortho intramolecular Hbond substituents is 1. The summed E-state index contributed by atoms with van der Waals surface area (Å²) in [6.07, 6.45) is 1.21. The molecule has 0 bridgehead atoms. The Morgan fingerprint density at radius 1 is 1.57 bits per heavy atom. The van der Waals surface area contributed by atoms with Crippen LogP contribution in [0.2, 0.25) is 0 Å². The van der Waals surface area contributed by atoms with E-state index in [9.17, 15) is 4.39 Å². The molecule has 3 heteroatoms. The van der Waals surface area contributed by atoms with Crippen LogP contribution in [-0.2, 0) is 6.54 Å². The van der Waals surface area contributed by atoms with Crippen LogP contribution in [0.3, 0.4) is 0 Å². The fourth-order valence-electron chi connectivity index (χ4n) is 1.52. The summed E-state index contributed by atoms with van der Waals surface area (Å²) in [4.78, 5) is 0. The van der Waals surface area contributed by atoms with Gasteiger partial charge in [-0.25, -0.2) is 4.39 Å². The van der Waals surface area contributed by atoms with E-state index in [1.807, 2.05) is 0 Å². The molecule has 0 amide bonds. The molecule has 1 aromatic rings. The normalized spacial score (nSPS) is 25.0. The van der Waals surface area contributed by atoms with Crippen molar-refractivity contribution in [3.05, 3.63) is 29.6 Å². The first-order chi connectivity index (χ1) is 6.66. The second kappa shape index (κ2) is 3.58. The molecule has 0 heterocycles. The molecule has 1 fully saturated rings. The highest BCUT2D eigenvalue weighted by Gasteiger charge is 2.31. The Morgan fingerprint density at radius 3 is 2.86 bits per heavy atom. The Kier molecular flexibility index (Phi) is 2.42. The van der Waals surface area contributed by atoms with Crippen LogP contribution in [-0.4, -0.2) is 11.1 Å². The topological polar surface area (TPSA) is 32.3 Å². The molecule has 2 nitrogen and oxygen atoms in total. The summed E-state index contributed by atoms with van der Waals surface area (Å²) in [6, 6.07) is 5.09. The molecule has 2 unspecified atom stereocenters. The van der Waals surface area contributed by atoms with E-state index in [-0.39, 0.29) is 5.75 Å². The number of phenols is 1. The van der Waals surface area contributed by atoms with Crippen LogP contribution in [0.25, 0.3) is 0 Å². The number of hydrogen-bond donors (Lipinski definition) is 2. The van der Waals surface area contributed by atoms with Crippen molar-refractivity contribution in [2.24, 2.45) is 5.92 Å². The largest absolute Gasteiger partial charge is 0.505 e. The van der Waals surface area contributed by atoms with E-state index >= 15 is 0 Å². The lowest BCUT2D eigenvalue weighted by atomic mass is 10.2. The Labute approximate surface area is 82.8 Å². The molecule has 0 radical (unpaired) electrons. The van der Waals surface area contributed by atoms with Gasteiger partial charge in [0.2, 0.25) is 0 Å². The SMILES string of the molecule is CC1CC1NCc1ccc(O)c(F)c1. The summed E-state index contributed by atoms with van der Waals surface area (Å²) < 4.78 is 12.9. The van der Waals surface area contributed by atoms with Crippen molar-refractivity contribution in [2.75, 3.05) is 0 Å². The first kappa shape index (κ1) is 9.46. The molecule has 76 valence electrons. The number of aromatic hydroxyl groups is 1. The van der Waals surface area contributed by atoms with Crippen LogP contribution in [0.4, 0.5) is 4.39 Å². The predicted molar refractivity (Wildman–Crippen MR) is 52.5 cm³/mol. The van der Waals surface area contributed by atoms with Gasteiger partial charge in [0.1, 0.15) is 0 Å². The first-order valence-corrected chi connectivity index (χ1v) is 4.87. The highest BCUT2D eigenvalue weighted by molar-refractivity contribution is 5.28. The summed E-state index contributed by atoms with van der Waals surface area (Å²) in [5.74, 6) is -0.0846. The zero-order chi connectivity index (χ0) is 10.1. The Bertz CT molecular complexity index is 340. The molecule has 1 aliphatic rings. The Balaban J connectivity index is 1.92. The molecule has 0 saturated heterocycles. The summed E-state index contributed by atoms with van der Waals surface area (Å²) in [7, 11) is 0. The first-order valence-electron chi connectivity index (χ1n) is 4.87. The highest BCUT2D eigenvalue weighted by Crippen LogP contribution is 2.29. The second-order valence-electron chi connectivity index (χ2n) is 3.99. The smallest absolute Gasteiger partial charge is 0.165 e. The lowest BCUT2D eigenvalue weighted by molar-refractivity contribution is 0.431. The van der Waals surface area contributed by atoms with Crippen molar-refractivity contribution in [3.63, 3.8) is 0 Å². The lowest BCUT2D eigenvalue weighted by Crippen LogP contribution is -2.16. The van der Waals surface area contributed by atoms with E-state index < -0.39 is 5.82 Å². The second-order valence-corrected chi connectivity index (χ2v) is 3.99. The van der Waals surface area contributed by atoms with Crippen LogP contribution >= 0.6 is 0 Å². The van der Waals surface area contributed by atoms with Gasteiger partial charge in [0, 0.05) is 12.6 Å². The van der Waals surface area contributed by atoms with Crippen LogP contribution in [0.15, 0.2) is 18.2 Å². The molecule has 2 atom stereocenters. The minimum absolute atomic E-state index is 0.284. The molecule has 1 saturated carbocycles. The number of halogens is 1. The van der Waals surface area contributed by atoms with Gasteiger partial charge in [-0.2, -0.15) is 0 Å². The Hall–Kier alpha value is -1.09. The van der Waals surface area contributed by atoms with Crippen molar-refractivity contribution in [1.29, 1.82) is 0 Å². The van der Waals surface area contributed by atoms with Crippen LogP contribution < -0.4 is 5.32 Å². The predicted octanol–water partition coefficient (Wildman–Crippen LogP) is 2.03. The fourth-order valence-corrected chi connectivity index (χ4v) is 1.52. The lowest BCUT2D eigenvalue weighted by Gasteiger charge is -2.04. The molecule has 0 aliphatic heterocycles. The zero-order valence-electron chi connectivity index (χ0n) is 8.13. The standard InChI is InChI=1S/C11H14FNO/c1-7-4-10(7)13-6-8-2-3-11(14)9(12)5-8/h2-3,5,7,10,13-14H,4,6H2,1H3. The maximum atomic E-state index is 12.9. The fraction of sp³-hybridized carbons (Fsp3) is 0.455. The molecular formula is C11H14FNO. The molecule has 2 N–H and O–H groups in total. The zero-order valence-corrected chi connectivity index (χ0v) is 8.13. The van der Waals surface area contributed by atoms with Crippen molar-refractivity contribution >= 4 is 0 Å². The summed E-state index contributed by atoms with van der Waals surface area (Å²) >= 11 is 0. The number of hydrogen-bond acceptors (Lipinski definition) is 2. The van der Waals surface area contributed by atoms with Gasteiger partial charge in [0.15, 0.2) is 11.6 Å². The molecule has 2 rings (SSSR count). The third kappa shape index (κ3) is 2.04. The van der Waals surface area contributed by atoms with Gasteiger partial charge in [0.05, 0.1) is 0 Å². The molecule has 14 heavy (non-hydrogen) atoms. The third-order valence-electron chi connectivity index (χ3n) is 2.69. The van der Waals surface area contributed by atoms with Crippen molar-refractivity contribution < 1.29 is 9.50 Å². The van der Waals surface area contributed by atoms with Gasteiger partial charge in [-0.05, 0) is 30.0 Å². The van der Waals surface area contributed by atoms with Crippen molar-refractivity contribution in [1.82, 2.24) is 5.32 Å². The molecule has 0 spiro atoms. The molecule has 1 aliphatic carbocycles. The van der Waals surface area contributed by atoms with Crippen LogP contribution in [0.1, 0.15) is 18.9 Å². The summed E-state index contributed by atoms with van der Waals surface area (Å²) in [5, 5.41) is 12.3. The van der Waals surface area contributed by atoms with Gasteiger partial charge in [-0.15, -0.1) is 0 Å². The number of nitrogens with one attached hydrogen (secondary N) is 1. The average Bonchev–Trinajstić information content (AvgIpc) is 2.85. The maximum Gasteiger partial charge on any atom is 0.165 e. The van der Waals surface area contributed by atoms with E-state index in [1.54, 1.807) is 6.07 Å². The molecule has 0 aromatic heterocycles. The van der Waals surface area contributed by atoms with Crippen molar-refractivity contribution in [2.45, 2.75) is 25.9 Å². The van der Waals surface area contributed by atoms with E-state index in [0.29, 0.717) is 12.6 Å². The summed E-state index contributed by atoms with van der Waals surface area (Å²) in [6.45, 7) is 2.86. The van der Waals surface area contributed by atoms with E-state index in [4.69, 9.17) is 5.11 Å². The third-order valence-corrected chi connectivity index (χ3v) is 2.69. The van der Waals surface area contributed by atoms with E-state index in [0.717, 1.165) is 11.5 Å². The summed E-state index contributed by atoms with van der Waals surface area (Å²) in [5.41, 5.74) is 0.874. The quantitative estimate of drug-likeness (QED) is 0.773. The minimum atomic E-state index is -0.548. The van der Waals surface area contributed by atoms with Gasteiger partial charge in [-0.3, -0.25) is 0 Å². The number of rotatable bonds is 3. The van der Waals surface area contributed by atoms with Crippen LogP contribution in [0, 0.1) is 11.7 Å². The Morgan fingerprint density at radius 2 is 2.29 bits per heavy atom. The maximum absolute atomic E-state index is 12.9. The van der Waals surface area contributed by atoms with E-state index in [1.165, 1.54) is 18.6 Å². The minimum Gasteiger partial charge on any atom is -0.505 e. The van der Waals surface area contributed by atoms with Gasteiger partial charge in [-0.1, -0.05) is 13.0 Å². The van der Waals surface area contributed by atoms with Crippen molar-refractivity contribution in [3.8, 4) is 5.75 Å². The molecule has 1 aromatic carbocycles. The monoisotopic (exact) mass is 195 g/mol. The number of benzene rings is 1. The van der Waals surface area contributed by atoms with Crippen LogP contribution in [0.5, 0.6) is 5.75 Å². The van der Waals surface area contributed by atoms with Gasteiger partial charge in [0.25, 0.3) is 0 Å². The van der Waals surface area contributed by atoms with Gasteiger partial charge >= 0.3 is 0 Å². The average molecular weight is 195 g/mol. The van der Waals surface area contributed by atoms with Gasteiger partial charge < -0.3 is 10.4 Å². The highest BCUT2D eigenvalue weighted by atomic mass is 19.1. The van der Waals surface area contributed by atoms with E-state index in [2.05, 4.69) is 12.2 Å².